The number of hydrogen-bond donors (Lipinski definition) is 0. The summed E-state index contributed by atoms with van der Waals surface area (Å²) >= 11 is 0. The van der Waals surface area contributed by atoms with Crippen LogP contribution >= 0.6 is 0 Å². The van der Waals surface area contributed by atoms with Crippen molar-refractivity contribution in [1.82, 2.24) is 4.90 Å². The molecule has 5 nitrogen and oxygen atoms in total. The van der Waals surface area contributed by atoms with E-state index in [0.29, 0.717) is 13.0 Å². The van der Waals surface area contributed by atoms with Gasteiger partial charge in [-0.15, -0.1) is 0 Å². The van der Waals surface area contributed by atoms with Gasteiger partial charge in [0.2, 0.25) is 5.91 Å². The van der Waals surface area contributed by atoms with Gasteiger partial charge in [-0.25, -0.2) is 8.42 Å². The van der Waals surface area contributed by atoms with Crippen LogP contribution in [0.5, 0.6) is 0 Å². The Morgan fingerprint density at radius 1 is 1.03 bits per heavy atom. The Morgan fingerprint density at radius 2 is 1.68 bits per heavy atom. The molecule has 0 spiro atoms. The minimum atomic E-state index is -3.09. The molecule has 0 saturated carbocycles. The number of amides is 1. The van der Waals surface area contributed by atoms with Gasteiger partial charge < -0.3 is 9.80 Å². The van der Waals surface area contributed by atoms with Crippen LogP contribution in [0.15, 0.2) is 54.6 Å². The summed E-state index contributed by atoms with van der Waals surface area (Å²) in [5.41, 5.74) is 4.25. The zero-order valence-corrected chi connectivity index (χ0v) is 19.4. The summed E-state index contributed by atoms with van der Waals surface area (Å²) in [5.74, 6) is 0.0223. The fourth-order valence-electron chi connectivity index (χ4n) is 3.95. The van der Waals surface area contributed by atoms with E-state index in [-0.39, 0.29) is 23.5 Å². The molecule has 1 aliphatic heterocycles. The van der Waals surface area contributed by atoms with Crippen LogP contribution in [0.1, 0.15) is 37.0 Å². The number of benzene rings is 2. The lowest BCUT2D eigenvalue weighted by molar-refractivity contribution is -0.128. The van der Waals surface area contributed by atoms with Crippen LogP contribution in [0.2, 0.25) is 0 Å². The molecule has 166 valence electrons. The van der Waals surface area contributed by atoms with Crippen LogP contribution < -0.4 is 4.90 Å². The summed E-state index contributed by atoms with van der Waals surface area (Å²) in [6.45, 7) is 8.54. The normalized spacial score (nSPS) is 17.7. The van der Waals surface area contributed by atoms with Crippen LogP contribution in [0.3, 0.4) is 0 Å². The number of hydrogen-bond acceptors (Lipinski definition) is 4. The first kappa shape index (κ1) is 23.1. The maximum atomic E-state index is 13.1. The number of rotatable bonds is 8. The summed E-state index contributed by atoms with van der Waals surface area (Å²) in [6, 6.07) is 15.8. The van der Waals surface area contributed by atoms with Gasteiger partial charge in [-0.3, -0.25) is 4.79 Å². The van der Waals surface area contributed by atoms with Gasteiger partial charge in [-0.2, -0.15) is 0 Å². The van der Waals surface area contributed by atoms with Gasteiger partial charge >= 0.3 is 0 Å². The third kappa shape index (κ3) is 6.20. The van der Waals surface area contributed by atoms with Gasteiger partial charge in [-0.1, -0.05) is 42.0 Å². The van der Waals surface area contributed by atoms with Crippen molar-refractivity contribution in [2.24, 2.45) is 0 Å². The zero-order chi connectivity index (χ0) is 22.4. The first-order valence-electron chi connectivity index (χ1n) is 10.9. The van der Waals surface area contributed by atoms with Gasteiger partial charge in [0.15, 0.2) is 9.84 Å². The Morgan fingerprint density at radius 3 is 2.23 bits per heavy atom. The van der Waals surface area contributed by atoms with E-state index in [2.05, 4.69) is 30.9 Å². The average Bonchev–Trinajstić information content (AvgIpc) is 3.12. The molecule has 1 unspecified atom stereocenters. The van der Waals surface area contributed by atoms with E-state index in [1.807, 2.05) is 43.3 Å². The lowest BCUT2D eigenvalue weighted by atomic mass is 10.1. The largest absolute Gasteiger partial charge is 0.372 e. The average molecular weight is 441 g/mol. The SMILES string of the molecule is CCN(CC)c1ccc(CN(C(=O)/C=C/c2ccc(C)cc2)C2CCS(=O)(=O)C2)cc1. The standard InChI is InChI=1S/C25H32N2O3S/c1-4-26(5-2)23-13-10-22(11-14-23)18-27(24-16-17-31(29,30)19-24)25(28)15-12-21-8-6-20(3)7-9-21/h6-15,24H,4-5,16-19H2,1-3H3/b15-12+. The van der Waals surface area contributed by atoms with Gasteiger partial charge in [0, 0.05) is 37.4 Å². The first-order chi connectivity index (χ1) is 14.8. The second kappa shape index (κ2) is 10.1. The van der Waals surface area contributed by atoms with Crippen LogP contribution in [-0.4, -0.2) is 49.9 Å². The minimum Gasteiger partial charge on any atom is -0.372 e. The van der Waals surface area contributed by atoms with Gasteiger partial charge in [0.25, 0.3) is 0 Å². The maximum absolute atomic E-state index is 13.1. The molecule has 3 rings (SSSR count). The highest BCUT2D eigenvalue weighted by Crippen LogP contribution is 2.22. The minimum absolute atomic E-state index is 0.0364. The maximum Gasteiger partial charge on any atom is 0.247 e. The molecule has 0 bridgehead atoms. The van der Waals surface area contributed by atoms with Crippen LogP contribution in [0.4, 0.5) is 5.69 Å². The number of carbonyl (C=O) groups is 1. The van der Waals surface area contributed by atoms with Crippen molar-refractivity contribution in [3.05, 3.63) is 71.3 Å². The third-order valence-corrected chi connectivity index (χ3v) is 7.60. The Hall–Kier alpha value is -2.60. The number of nitrogens with zero attached hydrogens (tertiary/aromatic N) is 2. The van der Waals surface area contributed by atoms with Crippen LogP contribution in [-0.2, 0) is 21.2 Å². The summed E-state index contributed by atoms with van der Waals surface area (Å²) in [7, 11) is -3.09. The molecule has 0 aliphatic carbocycles. The molecule has 2 aromatic rings. The van der Waals surface area contributed by atoms with Crippen LogP contribution in [0.25, 0.3) is 6.08 Å². The molecule has 1 aliphatic rings. The lowest BCUT2D eigenvalue weighted by Gasteiger charge is -2.28. The highest BCUT2D eigenvalue weighted by atomic mass is 32.2. The van der Waals surface area contributed by atoms with Crippen molar-refractivity contribution in [3.63, 3.8) is 0 Å². The Labute approximate surface area is 186 Å². The van der Waals surface area contributed by atoms with Crippen LogP contribution in [0, 0.1) is 6.92 Å². The van der Waals surface area contributed by atoms with E-state index >= 15 is 0 Å². The van der Waals surface area contributed by atoms with Crippen molar-refractivity contribution >= 4 is 27.5 Å². The molecule has 0 radical (unpaired) electrons. The van der Waals surface area contributed by atoms with Crippen molar-refractivity contribution in [2.75, 3.05) is 29.5 Å². The number of sulfone groups is 1. The molecule has 0 aromatic heterocycles. The highest BCUT2D eigenvalue weighted by Gasteiger charge is 2.34. The fraction of sp³-hybridized carbons (Fsp3) is 0.400. The van der Waals surface area contributed by atoms with Crippen molar-refractivity contribution in [1.29, 1.82) is 0 Å². The fourth-order valence-corrected chi connectivity index (χ4v) is 5.68. The molecule has 0 N–H and O–H groups in total. The van der Waals surface area contributed by atoms with Crippen molar-refractivity contribution < 1.29 is 13.2 Å². The Bertz CT molecular complexity index is 1010. The lowest BCUT2D eigenvalue weighted by Crippen LogP contribution is -2.39. The van der Waals surface area contributed by atoms with E-state index < -0.39 is 9.84 Å². The van der Waals surface area contributed by atoms with Crippen molar-refractivity contribution in [3.8, 4) is 0 Å². The molecule has 31 heavy (non-hydrogen) atoms. The quantitative estimate of drug-likeness (QED) is 0.581. The summed E-state index contributed by atoms with van der Waals surface area (Å²) in [5, 5.41) is 0. The number of carbonyl (C=O) groups excluding carboxylic acids is 1. The Balaban J connectivity index is 1.79. The van der Waals surface area contributed by atoms with Crippen molar-refractivity contribution in [2.45, 2.75) is 39.8 Å². The van der Waals surface area contributed by atoms with E-state index in [1.165, 1.54) is 0 Å². The molecule has 1 fully saturated rings. The molecular formula is C25H32N2O3S. The molecule has 1 atom stereocenters. The molecule has 1 heterocycles. The predicted octanol–water partition coefficient (Wildman–Crippen LogP) is 4.07. The van der Waals surface area contributed by atoms with Gasteiger partial charge in [-0.05, 0) is 56.5 Å². The van der Waals surface area contributed by atoms with Gasteiger partial charge in [0.05, 0.1) is 11.5 Å². The van der Waals surface area contributed by atoms with E-state index in [0.717, 1.165) is 35.5 Å². The number of aryl methyl sites for hydroxylation is 1. The van der Waals surface area contributed by atoms with E-state index in [4.69, 9.17) is 0 Å². The molecule has 1 amide bonds. The summed E-state index contributed by atoms with van der Waals surface area (Å²) in [4.78, 5) is 17.1. The Kier molecular flexibility index (Phi) is 7.55. The molecular weight excluding hydrogens is 408 g/mol. The smallest absolute Gasteiger partial charge is 0.247 e. The highest BCUT2D eigenvalue weighted by molar-refractivity contribution is 7.91. The molecule has 1 saturated heterocycles. The summed E-state index contributed by atoms with van der Waals surface area (Å²) in [6.07, 6.45) is 3.84. The monoisotopic (exact) mass is 440 g/mol. The predicted molar refractivity (Wildman–Crippen MR) is 128 cm³/mol. The summed E-state index contributed by atoms with van der Waals surface area (Å²) < 4.78 is 24.1. The van der Waals surface area contributed by atoms with E-state index in [1.54, 1.807) is 17.1 Å². The van der Waals surface area contributed by atoms with E-state index in [9.17, 15) is 13.2 Å². The zero-order valence-electron chi connectivity index (χ0n) is 18.6. The topological polar surface area (TPSA) is 57.7 Å². The molecule has 2 aromatic carbocycles. The second-order valence-corrected chi connectivity index (χ2v) is 10.3. The van der Waals surface area contributed by atoms with Gasteiger partial charge in [0.1, 0.15) is 0 Å². The third-order valence-electron chi connectivity index (χ3n) is 5.85. The first-order valence-corrected chi connectivity index (χ1v) is 12.7. The second-order valence-electron chi connectivity index (χ2n) is 8.11. The molecule has 6 heteroatoms. The number of anilines is 1.